The van der Waals surface area contributed by atoms with Crippen LogP contribution in [0.1, 0.15) is 0 Å². The van der Waals surface area contributed by atoms with Crippen LogP contribution in [0.4, 0.5) is 0 Å². The Balaban J connectivity index is 2.53. The maximum Gasteiger partial charge on any atom is 0.210 e. The molecule has 0 saturated carbocycles. The molecule has 1 saturated heterocycles. The second kappa shape index (κ2) is 5.92. The van der Waals surface area contributed by atoms with Crippen molar-refractivity contribution in [3.05, 3.63) is 9.81 Å². The molecule has 0 bridgehead atoms. The van der Waals surface area contributed by atoms with Crippen LogP contribution in [-0.2, 0) is 9.47 Å². The van der Waals surface area contributed by atoms with Crippen molar-refractivity contribution < 1.29 is 14.6 Å². The Kier molecular flexibility index (Phi) is 4.83. The van der Waals surface area contributed by atoms with Crippen molar-refractivity contribution in [2.24, 2.45) is 21.8 Å². The predicted molar refractivity (Wildman–Crippen MR) is 53.0 cm³/mol. The van der Waals surface area contributed by atoms with Crippen LogP contribution in [0, 0.1) is 9.81 Å². The first-order chi connectivity index (χ1) is 7.60. The number of nitrogens with two attached hydrogens (primary N) is 2. The minimum Gasteiger partial charge on any atom is -0.372 e. The fraction of sp³-hybridized carbons (Fsp3) is 1.00. The molecule has 1 aliphatic rings. The number of nitrogens with zero attached hydrogens (tertiary/aromatic N) is 2. The van der Waals surface area contributed by atoms with Crippen LogP contribution >= 0.6 is 0 Å². The molecule has 1 fully saturated rings. The summed E-state index contributed by atoms with van der Waals surface area (Å²) in [5.74, 6) is 0. The molecule has 5 unspecified atom stereocenters. The number of rotatable bonds is 6. The van der Waals surface area contributed by atoms with E-state index in [2.05, 4.69) is 15.1 Å². The van der Waals surface area contributed by atoms with Gasteiger partial charge in [-0.25, -0.2) is 0 Å². The van der Waals surface area contributed by atoms with E-state index in [0.717, 1.165) is 0 Å². The number of nitroso groups, excluding NO2 is 2. The summed E-state index contributed by atoms with van der Waals surface area (Å²) in [5.41, 5.74) is 10.6. The average Bonchev–Trinajstić information content (AvgIpc) is 2.61. The highest BCUT2D eigenvalue weighted by Gasteiger charge is 2.41. The van der Waals surface area contributed by atoms with Crippen molar-refractivity contribution in [1.82, 2.24) is 0 Å². The summed E-state index contributed by atoms with van der Waals surface area (Å²) in [6, 6.07) is -2.34. The third kappa shape index (κ3) is 3.00. The number of hydrogen-bond donors (Lipinski definition) is 3. The first-order valence-corrected chi connectivity index (χ1v) is 4.67. The normalized spacial score (nSPS) is 33.3. The molecule has 9 heteroatoms. The van der Waals surface area contributed by atoms with Gasteiger partial charge in [0.25, 0.3) is 0 Å². The molecule has 1 heterocycles. The maximum absolute atomic E-state index is 10.5. The monoisotopic (exact) mass is 234 g/mol. The van der Waals surface area contributed by atoms with Crippen LogP contribution in [0.3, 0.4) is 0 Å². The highest BCUT2D eigenvalue weighted by atomic mass is 16.6. The lowest BCUT2D eigenvalue weighted by molar-refractivity contribution is -0.106. The van der Waals surface area contributed by atoms with Crippen LogP contribution in [-0.4, -0.2) is 49.0 Å². The lowest BCUT2D eigenvalue weighted by Gasteiger charge is -2.20. The van der Waals surface area contributed by atoms with E-state index < -0.39 is 30.6 Å². The molecule has 0 aromatic carbocycles. The molecule has 0 aromatic heterocycles. The van der Waals surface area contributed by atoms with E-state index in [1.165, 1.54) is 0 Å². The Morgan fingerprint density at radius 3 is 2.69 bits per heavy atom. The molecule has 1 rings (SSSR count). The number of aliphatic hydroxyl groups excluding tert-OH is 1. The zero-order valence-electron chi connectivity index (χ0n) is 8.43. The fourth-order valence-corrected chi connectivity index (χ4v) is 1.50. The van der Waals surface area contributed by atoms with E-state index >= 15 is 0 Å². The van der Waals surface area contributed by atoms with E-state index in [1.54, 1.807) is 0 Å². The molecule has 0 amide bonds. The first-order valence-electron chi connectivity index (χ1n) is 4.67. The van der Waals surface area contributed by atoms with Crippen LogP contribution in [0.5, 0.6) is 0 Å². The van der Waals surface area contributed by atoms with Gasteiger partial charge in [-0.15, -0.1) is 0 Å². The molecule has 16 heavy (non-hydrogen) atoms. The lowest BCUT2D eigenvalue weighted by Crippen LogP contribution is -2.45. The molecule has 9 nitrogen and oxygen atoms in total. The summed E-state index contributed by atoms with van der Waals surface area (Å²) in [6.45, 7) is -0.183. The van der Waals surface area contributed by atoms with Gasteiger partial charge in [0.1, 0.15) is 18.2 Å². The van der Waals surface area contributed by atoms with Gasteiger partial charge >= 0.3 is 0 Å². The van der Waals surface area contributed by atoms with Gasteiger partial charge in [-0.2, -0.15) is 9.81 Å². The smallest absolute Gasteiger partial charge is 0.210 e. The first kappa shape index (κ1) is 13.1. The van der Waals surface area contributed by atoms with Gasteiger partial charge in [0.2, 0.25) is 6.41 Å². The SMILES string of the molecule is NC(O)OCC(N=O)C1OCC(N=O)C1N. The molecule has 0 radical (unpaired) electrons. The van der Waals surface area contributed by atoms with Gasteiger partial charge in [-0.3, -0.25) is 5.73 Å². The third-order valence-electron chi connectivity index (χ3n) is 2.37. The number of hydrogen-bond acceptors (Lipinski definition) is 9. The highest BCUT2D eigenvalue weighted by Crippen LogP contribution is 2.20. The fourth-order valence-electron chi connectivity index (χ4n) is 1.50. The quantitative estimate of drug-likeness (QED) is 0.363. The maximum atomic E-state index is 10.5. The number of aliphatic hydroxyl groups is 1. The van der Waals surface area contributed by atoms with Crippen molar-refractivity contribution in [1.29, 1.82) is 0 Å². The Labute approximate surface area is 91.0 Å². The summed E-state index contributed by atoms with van der Waals surface area (Å²) in [7, 11) is 0. The summed E-state index contributed by atoms with van der Waals surface area (Å²) < 4.78 is 9.76. The Bertz CT molecular complexity index is 251. The zero-order valence-corrected chi connectivity index (χ0v) is 8.43. The second-order valence-corrected chi connectivity index (χ2v) is 3.44. The molecule has 0 aromatic rings. The minimum atomic E-state index is -1.50. The third-order valence-corrected chi connectivity index (χ3v) is 2.37. The van der Waals surface area contributed by atoms with Crippen LogP contribution in [0.25, 0.3) is 0 Å². The largest absolute Gasteiger partial charge is 0.372 e. The van der Waals surface area contributed by atoms with Crippen molar-refractivity contribution in [2.75, 3.05) is 13.2 Å². The second-order valence-electron chi connectivity index (χ2n) is 3.44. The highest BCUT2D eigenvalue weighted by molar-refractivity contribution is 4.97. The summed E-state index contributed by atoms with van der Waals surface area (Å²) in [5, 5.41) is 14.2. The minimum absolute atomic E-state index is 0.0481. The summed E-state index contributed by atoms with van der Waals surface area (Å²) in [4.78, 5) is 20.9. The van der Waals surface area contributed by atoms with E-state index in [-0.39, 0.29) is 13.2 Å². The Morgan fingerprint density at radius 1 is 1.56 bits per heavy atom. The van der Waals surface area contributed by atoms with Crippen molar-refractivity contribution >= 4 is 0 Å². The van der Waals surface area contributed by atoms with Crippen LogP contribution in [0.15, 0.2) is 10.4 Å². The molecule has 92 valence electrons. The predicted octanol–water partition coefficient (Wildman–Crippen LogP) is -1.77. The van der Waals surface area contributed by atoms with E-state index in [4.69, 9.17) is 21.3 Å². The number of ether oxygens (including phenoxy) is 2. The van der Waals surface area contributed by atoms with Gasteiger partial charge in [0, 0.05) is 0 Å². The van der Waals surface area contributed by atoms with Crippen molar-refractivity contribution in [3.63, 3.8) is 0 Å². The standard InChI is InChI=1S/C7H14N4O5/c8-5-3(10-13)1-15-6(5)4(11-14)2-16-7(9)12/h3-7,12H,1-2,8-9H2. The summed E-state index contributed by atoms with van der Waals surface area (Å²) in [6.07, 6.45) is -2.25. The Morgan fingerprint density at radius 2 is 2.25 bits per heavy atom. The topological polar surface area (TPSA) is 150 Å². The van der Waals surface area contributed by atoms with E-state index in [1.807, 2.05) is 0 Å². The average molecular weight is 234 g/mol. The van der Waals surface area contributed by atoms with Crippen LogP contribution in [0.2, 0.25) is 0 Å². The van der Waals surface area contributed by atoms with E-state index in [9.17, 15) is 9.81 Å². The molecule has 0 aliphatic carbocycles. The van der Waals surface area contributed by atoms with Gasteiger partial charge < -0.3 is 20.3 Å². The van der Waals surface area contributed by atoms with Crippen LogP contribution < -0.4 is 11.5 Å². The zero-order chi connectivity index (χ0) is 12.1. The van der Waals surface area contributed by atoms with Gasteiger partial charge in [-0.1, -0.05) is 10.4 Å². The van der Waals surface area contributed by atoms with Crippen molar-refractivity contribution in [2.45, 2.75) is 30.6 Å². The molecule has 5 atom stereocenters. The molecular formula is C7H14N4O5. The molecule has 5 N–H and O–H groups in total. The molecule has 1 aliphatic heterocycles. The van der Waals surface area contributed by atoms with Crippen molar-refractivity contribution in [3.8, 4) is 0 Å². The van der Waals surface area contributed by atoms with Gasteiger partial charge in [0.05, 0.1) is 19.3 Å². The van der Waals surface area contributed by atoms with Gasteiger partial charge in [-0.05, 0) is 0 Å². The lowest BCUT2D eigenvalue weighted by atomic mass is 10.0. The molecular weight excluding hydrogens is 220 g/mol. The van der Waals surface area contributed by atoms with E-state index in [0.29, 0.717) is 0 Å². The van der Waals surface area contributed by atoms with Gasteiger partial charge in [0.15, 0.2) is 0 Å². The molecule has 0 spiro atoms. The Hall–Kier alpha value is -1.00. The summed E-state index contributed by atoms with van der Waals surface area (Å²) >= 11 is 0.